The van der Waals surface area contributed by atoms with E-state index in [1.165, 1.54) is 17.6 Å². The van der Waals surface area contributed by atoms with Gasteiger partial charge in [-0.2, -0.15) is 11.8 Å². The minimum atomic E-state index is -0.240. The number of hydrogen-bond acceptors (Lipinski definition) is 5. The van der Waals surface area contributed by atoms with Gasteiger partial charge in [0.25, 0.3) is 5.56 Å². The summed E-state index contributed by atoms with van der Waals surface area (Å²) in [4.78, 5) is 27.6. The quantitative estimate of drug-likeness (QED) is 0.790. The van der Waals surface area contributed by atoms with Crippen LogP contribution in [0.2, 0.25) is 5.02 Å². The van der Waals surface area contributed by atoms with Gasteiger partial charge in [0, 0.05) is 23.3 Å². The second kappa shape index (κ2) is 6.95. The normalized spacial score (nSPS) is 12.3. The van der Waals surface area contributed by atoms with Gasteiger partial charge in [-0.1, -0.05) is 18.5 Å². The Bertz CT molecular complexity index is 717. The third-order valence-electron chi connectivity index (χ3n) is 2.87. The minimum absolute atomic E-state index is 0.0999. The molecule has 2 heterocycles. The van der Waals surface area contributed by atoms with Crippen LogP contribution in [0.5, 0.6) is 0 Å². The number of nitrogens with zero attached hydrogens (tertiary/aromatic N) is 2. The molecule has 0 radical (unpaired) electrons. The molecule has 0 fully saturated rings. The number of fused-ring (bicyclic) bond motifs is 1. The molecular formula is C14H15ClN2O3S. The van der Waals surface area contributed by atoms with Crippen molar-refractivity contribution in [1.29, 1.82) is 0 Å². The zero-order valence-electron chi connectivity index (χ0n) is 11.7. The Balaban J connectivity index is 2.11. The summed E-state index contributed by atoms with van der Waals surface area (Å²) in [6.07, 6.45) is 1.88. The molecule has 0 aliphatic rings. The molecule has 0 saturated heterocycles. The van der Waals surface area contributed by atoms with Crippen LogP contribution in [0.1, 0.15) is 19.0 Å². The summed E-state index contributed by atoms with van der Waals surface area (Å²) in [5, 5.41) is 0.586. The molecule has 2 aromatic rings. The maximum atomic E-state index is 12.0. The predicted octanol–water partition coefficient (Wildman–Crippen LogP) is 2.53. The number of pyridine rings is 1. The Hall–Kier alpha value is -1.53. The fraction of sp³-hybridized carbons (Fsp3) is 0.357. The smallest absolute Gasteiger partial charge is 0.306 e. The average molecular weight is 327 g/mol. The number of methoxy groups -OCH3 is 1. The van der Waals surface area contributed by atoms with Gasteiger partial charge in [-0.05, 0) is 12.1 Å². The van der Waals surface area contributed by atoms with Crippen LogP contribution in [0.15, 0.2) is 29.2 Å². The summed E-state index contributed by atoms with van der Waals surface area (Å²) in [6, 6.07) is 4.89. The highest BCUT2D eigenvalue weighted by atomic mass is 35.5. The number of carbonyl (C=O) groups is 1. The van der Waals surface area contributed by atoms with E-state index in [1.807, 2.05) is 6.92 Å². The van der Waals surface area contributed by atoms with Crippen LogP contribution in [0.4, 0.5) is 0 Å². The molecule has 21 heavy (non-hydrogen) atoms. The summed E-state index contributed by atoms with van der Waals surface area (Å²) in [5.74, 6) is 0.322. The number of aromatic nitrogens is 2. The molecule has 7 heteroatoms. The molecule has 0 aliphatic heterocycles. The van der Waals surface area contributed by atoms with Crippen molar-refractivity contribution in [2.45, 2.75) is 24.3 Å². The molecule has 0 amide bonds. The van der Waals surface area contributed by atoms with E-state index in [0.29, 0.717) is 28.5 Å². The number of ether oxygens (including phenoxy) is 1. The minimum Gasteiger partial charge on any atom is -0.469 e. The lowest BCUT2D eigenvalue weighted by Gasteiger charge is -2.09. The number of esters is 1. The lowest BCUT2D eigenvalue weighted by Crippen LogP contribution is -2.15. The van der Waals surface area contributed by atoms with Gasteiger partial charge in [0.1, 0.15) is 5.65 Å². The highest BCUT2D eigenvalue weighted by molar-refractivity contribution is 7.99. The lowest BCUT2D eigenvalue weighted by atomic mass is 10.3. The van der Waals surface area contributed by atoms with E-state index in [-0.39, 0.29) is 16.8 Å². The third-order valence-corrected chi connectivity index (χ3v) is 4.30. The van der Waals surface area contributed by atoms with Crippen LogP contribution in [0, 0.1) is 0 Å². The number of thioether (sulfide) groups is 1. The number of rotatable bonds is 5. The van der Waals surface area contributed by atoms with Crippen LogP contribution in [-0.4, -0.2) is 27.7 Å². The predicted molar refractivity (Wildman–Crippen MR) is 83.9 cm³/mol. The lowest BCUT2D eigenvalue weighted by molar-refractivity contribution is -0.140. The highest BCUT2D eigenvalue weighted by Gasteiger charge is 2.11. The molecule has 2 rings (SSSR count). The first-order valence-electron chi connectivity index (χ1n) is 6.36. The molecule has 0 bridgehead atoms. The molecule has 0 spiro atoms. The van der Waals surface area contributed by atoms with E-state index >= 15 is 0 Å². The molecule has 0 N–H and O–H groups in total. The zero-order valence-corrected chi connectivity index (χ0v) is 13.3. The largest absolute Gasteiger partial charge is 0.469 e. The third kappa shape index (κ3) is 4.22. The molecule has 1 unspecified atom stereocenters. The van der Waals surface area contributed by atoms with E-state index < -0.39 is 0 Å². The molecule has 5 nitrogen and oxygen atoms in total. The van der Waals surface area contributed by atoms with Crippen LogP contribution < -0.4 is 5.56 Å². The molecular weight excluding hydrogens is 312 g/mol. The zero-order chi connectivity index (χ0) is 15.4. The van der Waals surface area contributed by atoms with E-state index in [4.69, 9.17) is 11.6 Å². The first kappa shape index (κ1) is 15.9. The molecule has 0 saturated carbocycles. The first-order valence-corrected chi connectivity index (χ1v) is 7.78. The fourth-order valence-corrected chi connectivity index (χ4v) is 2.82. The highest BCUT2D eigenvalue weighted by Crippen LogP contribution is 2.19. The van der Waals surface area contributed by atoms with E-state index in [2.05, 4.69) is 9.72 Å². The number of halogens is 1. The van der Waals surface area contributed by atoms with Crippen molar-refractivity contribution in [3.8, 4) is 0 Å². The van der Waals surface area contributed by atoms with Crippen molar-refractivity contribution in [3.63, 3.8) is 0 Å². The van der Waals surface area contributed by atoms with Gasteiger partial charge in [0.05, 0.1) is 24.2 Å². The topological polar surface area (TPSA) is 60.7 Å². The molecule has 0 aromatic carbocycles. The monoisotopic (exact) mass is 326 g/mol. The van der Waals surface area contributed by atoms with Crippen molar-refractivity contribution >= 4 is 35.0 Å². The fourth-order valence-electron chi connectivity index (χ4n) is 1.80. The van der Waals surface area contributed by atoms with Crippen LogP contribution in [0.3, 0.4) is 0 Å². The van der Waals surface area contributed by atoms with Gasteiger partial charge in [0.15, 0.2) is 0 Å². The molecule has 112 valence electrons. The van der Waals surface area contributed by atoms with E-state index in [9.17, 15) is 9.59 Å². The summed E-state index contributed by atoms with van der Waals surface area (Å²) in [7, 11) is 1.37. The van der Waals surface area contributed by atoms with Crippen LogP contribution >= 0.6 is 23.4 Å². The molecule has 0 aliphatic carbocycles. The van der Waals surface area contributed by atoms with Crippen molar-refractivity contribution in [2.75, 3.05) is 7.11 Å². The molecule has 2 aromatic heterocycles. The van der Waals surface area contributed by atoms with Gasteiger partial charge in [-0.15, -0.1) is 0 Å². The Labute approximate surface area is 131 Å². The standard InChI is InChI=1S/C14H15ClN2O3S/c1-9(5-14(19)20-2)21-8-11-6-13(18)17-7-10(15)3-4-12(17)16-11/h3-4,6-7,9H,5,8H2,1-2H3. The van der Waals surface area contributed by atoms with Crippen molar-refractivity contribution < 1.29 is 9.53 Å². The Morgan fingerprint density at radius 1 is 1.52 bits per heavy atom. The Morgan fingerprint density at radius 2 is 2.29 bits per heavy atom. The van der Waals surface area contributed by atoms with Gasteiger partial charge >= 0.3 is 5.97 Å². The van der Waals surface area contributed by atoms with E-state index in [0.717, 1.165) is 0 Å². The number of carbonyl (C=O) groups excluding carboxylic acids is 1. The maximum absolute atomic E-state index is 12.0. The van der Waals surface area contributed by atoms with Crippen LogP contribution in [0.25, 0.3) is 5.65 Å². The SMILES string of the molecule is COC(=O)CC(C)SCc1cc(=O)n2cc(Cl)ccc2n1. The number of hydrogen-bond donors (Lipinski definition) is 0. The second-order valence-electron chi connectivity index (χ2n) is 4.56. The van der Waals surface area contributed by atoms with Gasteiger partial charge in [0.2, 0.25) is 0 Å². The van der Waals surface area contributed by atoms with E-state index in [1.54, 1.807) is 30.1 Å². The summed E-state index contributed by atoms with van der Waals surface area (Å²) in [5.41, 5.74) is 1.07. The summed E-state index contributed by atoms with van der Waals surface area (Å²) in [6.45, 7) is 1.94. The Morgan fingerprint density at radius 3 is 3.00 bits per heavy atom. The molecule has 1 atom stereocenters. The summed E-state index contributed by atoms with van der Waals surface area (Å²) < 4.78 is 6.04. The van der Waals surface area contributed by atoms with Crippen LogP contribution in [-0.2, 0) is 15.3 Å². The van der Waals surface area contributed by atoms with Crippen molar-refractivity contribution in [1.82, 2.24) is 9.38 Å². The average Bonchev–Trinajstić information content (AvgIpc) is 2.45. The van der Waals surface area contributed by atoms with Gasteiger partial charge in [-0.3, -0.25) is 14.0 Å². The summed E-state index contributed by atoms with van der Waals surface area (Å²) >= 11 is 7.42. The maximum Gasteiger partial charge on any atom is 0.306 e. The Kier molecular flexibility index (Phi) is 5.25. The van der Waals surface area contributed by atoms with Gasteiger partial charge < -0.3 is 4.74 Å². The van der Waals surface area contributed by atoms with Crippen molar-refractivity contribution in [3.05, 3.63) is 45.5 Å². The van der Waals surface area contributed by atoms with Crippen molar-refractivity contribution in [2.24, 2.45) is 0 Å². The first-order chi connectivity index (χ1) is 9.99. The van der Waals surface area contributed by atoms with Gasteiger partial charge in [-0.25, -0.2) is 4.98 Å². The second-order valence-corrected chi connectivity index (χ2v) is 6.43.